The van der Waals surface area contributed by atoms with Gasteiger partial charge in [-0.2, -0.15) is 5.26 Å². The van der Waals surface area contributed by atoms with Crippen LogP contribution in [0.15, 0.2) is 40.2 Å². The second-order valence-electron chi connectivity index (χ2n) is 4.07. The number of nitriles is 1. The summed E-state index contributed by atoms with van der Waals surface area (Å²) in [6, 6.07) is 12.7. The Kier molecular flexibility index (Phi) is 4.54. The molecule has 0 spiro atoms. The minimum Gasteiger partial charge on any atom is -0.305 e. The highest BCUT2D eigenvalue weighted by Gasteiger charge is 2.05. The van der Waals surface area contributed by atoms with Crippen LogP contribution in [0, 0.1) is 11.3 Å². The van der Waals surface area contributed by atoms with Crippen molar-refractivity contribution in [2.24, 2.45) is 0 Å². The fraction of sp³-hybridized carbons (Fsp3) is 0.214. The lowest BCUT2D eigenvalue weighted by atomic mass is 10.1. The number of halogens is 1. The van der Waals surface area contributed by atoms with Crippen molar-refractivity contribution in [2.75, 3.05) is 0 Å². The summed E-state index contributed by atoms with van der Waals surface area (Å²) in [6.07, 6.45) is 0. The van der Waals surface area contributed by atoms with Crippen LogP contribution in [0.4, 0.5) is 0 Å². The number of hydrogen-bond acceptors (Lipinski definition) is 3. The first kappa shape index (κ1) is 13.3. The van der Waals surface area contributed by atoms with E-state index >= 15 is 0 Å². The summed E-state index contributed by atoms with van der Waals surface area (Å²) >= 11 is 5.05. The quantitative estimate of drug-likeness (QED) is 0.914. The van der Waals surface area contributed by atoms with Gasteiger partial charge in [-0.1, -0.05) is 28.1 Å². The molecule has 1 heterocycles. The van der Waals surface area contributed by atoms with Crippen molar-refractivity contribution in [3.63, 3.8) is 0 Å². The molecule has 1 atom stereocenters. The van der Waals surface area contributed by atoms with Gasteiger partial charge in [0.1, 0.15) is 6.07 Å². The Balaban J connectivity index is 1.94. The van der Waals surface area contributed by atoms with Crippen molar-refractivity contribution in [1.82, 2.24) is 5.32 Å². The van der Waals surface area contributed by atoms with Crippen molar-refractivity contribution in [3.05, 3.63) is 56.2 Å². The maximum absolute atomic E-state index is 8.76. The summed E-state index contributed by atoms with van der Waals surface area (Å²) in [5, 5.41) is 14.1. The van der Waals surface area contributed by atoms with E-state index in [9.17, 15) is 0 Å². The van der Waals surface area contributed by atoms with E-state index in [1.807, 2.05) is 23.6 Å². The summed E-state index contributed by atoms with van der Waals surface area (Å²) in [7, 11) is 0. The first-order chi connectivity index (χ1) is 8.69. The van der Waals surface area contributed by atoms with Gasteiger partial charge in [-0.3, -0.25) is 0 Å². The van der Waals surface area contributed by atoms with E-state index < -0.39 is 0 Å². The lowest BCUT2D eigenvalue weighted by Gasteiger charge is -2.13. The smallest absolute Gasteiger partial charge is 0.100 e. The summed E-state index contributed by atoms with van der Waals surface area (Å²) < 4.78 is 1.09. The molecule has 1 N–H and O–H groups in total. The van der Waals surface area contributed by atoms with Gasteiger partial charge in [-0.15, -0.1) is 11.3 Å². The normalized spacial score (nSPS) is 12.1. The zero-order valence-corrected chi connectivity index (χ0v) is 12.4. The van der Waals surface area contributed by atoms with Crippen LogP contribution in [0.3, 0.4) is 0 Å². The standard InChI is InChI=1S/C14H13BrN2S/c1-10(12-2-4-13(15)5-3-12)17-8-14-6-11(7-16)9-18-14/h2-6,9-10,17H,8H2,1H3. The van der Waals surface area contributed by atoms with Gasteiger partial charge >= 0.3 is 0 Å². The topological polar surface area (TPSA) is 35.8 Å². The molecular weight excluding hydrogens is 308 g/mol. The molecule has 0 aliphatic rings. The molecular formula is C14H13BrN2S. The molecule has 92 valence electrons. The first-order valence-electron chi connectivity index (χ1n) is 5.65. The zero-order chi connectivity index (χ0) is 13.0. The molecule has 0 bridgehead atoms. The largest absolute Gasteiger partial charge is 0.305 e. The van der Waals surface area contributed by atoms with Crippen LogP contribution in [0.2, 0.25) is 0 Å². The molecule has 4 heteroatoms. The Labute approximate surface area is 119 Å². The lowest BCUT2D eigenvalue weighted by molar-refractivity contribution is 0.579. The van der Waals surface area contributed by atoms with Crippen molar-refractivity contribution < 1.29 is 0 Å². The minimum atomic E-state index is 0.297. The Hall–Kier alpha value is -1.15. The predicted molar refractivity (Wildman–Crippen MR) is 78.4 cm³/mol. The van der Waals surface area contributed by atoms with Crippen molar-refractivity contribution in [2.45, 2.75) is 19.5 Å². The van der Waals surface area contributed by atoms with Gasteiger partial charge in [-0.25, -0.2) is 0 Å². The summed E-state index contributed by atoms with van der Waals surface area (Å²) in [4.78, 5) is 1.19. The van der Waals surface area contributed by atoms with Gasteiger partial charge in [0.2, 0.25) is 0 Å². The molecule has 0 aliphatic carbocycles. The van der Waals surface area contributed by atoms with Gasteiger partial charge in [0.15, 0.2) is 0 Å². The van der Waals surface area contributed by atoms with Gasteiger partial charge in [0.05, 0.1) is 5.56 Å². The van der Waals surface area contributed by atoms with E-state index in [0.717, 1.165) is 16.6 Å². The number of hydrogen-bond donors (Lipinski definition) is 1. The van der Waals surface area contributed by atoms with E-state index in [-0.39, 0.29) is 0 Å². The number of nitrogens with one attached hydrogen (secondary N) is 1. The van der Waals surface area contributed by atoms with E-state index in [4.69, 9.17) is 5.26 Å². The molecule has 1 aromatic carbocycles. The number of rotatable bonds is 4. The predicted octanol–water partition coefficient (Wildman–Crippen LogP) is 4.23. The Bertz CT molecular complexity index is 554. The van der Waals surface area contributed by atoms with E-state index in [1.165, 1.54) is 10.4 Å². The molecule has 0 radical (unpaired) electrons. The molecule has 0 saturated heterocycles. The summed E-state index contributed by atoms with van der Waals surface area (Å²) in [5.41, 5.74) is 2.00. The highest BCUT2D eigenvalue weighted by molar-refractivity contribution is 9.10. The zero-order valence-electron chi connectivity index (χ0n) is 9.98. The first-order valence-corrected chi connectivity index (χ1v) is 7.32. The average molecular weight is 321 g/mol. The third-order valence-electron chi connectivity index (χ3n) is 2.74. The second kappa shape index (κ2) is 6.14. The maximum atomic E-state index is 8.76. The molecule has 1 unspecified atom stereocenters. The SMILES string of the molecule is CC(NCc1cc(C#N)cs1)c1ccc(Br)cc1. The van der Waals surface area contributed by atoms with Gasteiger partial charge in [0.25, 0.3) is 0 Å². The number of benzene rings is 1. The van der Waals surface area contributed by atoms with Crippen molar-refractivity contribution in [3.8, 4) is 6.07 Å². The molecule has 0 saturated carbocycles. The third kappa shape index (κ3) is 3.42. The Morgan fingerprint density at radius 1 is 1.39 bits per heavy atom. The molecule has 1 aromatic heterocycles. The van der Waals surface area contributed by atoms with E-state index in [2.05, 4.69) is 46.4 Å². The highest BCUT2D eigenvalue weighted by atomic mass is 79.9. The Morgan fingerprint density at radius 3 is 2.72 bits per heavy atom. The van der Waals surface area contributed by atoms with Gasteiger partial charge < -0.3 is 5.32 Å². The summed E-state index contributed by atoms with van der Waals surface area (Å²) in [6.45, 7) is 2.94. The lowest BCUT2D eigenvalue weighted by Crippen LogP contribution is -2.17. The fourth-order valence-corrected chi connectivity index (χ4v) is 2.68. The molecule has 2 nitrogen and oxygen atoms in total. The third-order valence-corrected chi connectivity index (χ3v) is 4.20. The molecule has 2 aromatic rings. The monoisotopic (exact) mass is 320 g/mol. The van der Waals surface area contributed by atoms with E-state index in [1.54, 1.807) is 11.3 Å². The van der Waals surface area contributed by atoms with Gasteiger partial charge in [-0.05, 0) is 30.7 Å². The Morgan fingerprint density at radius 2 is 2.11 bits per heavy atom. The van der Waals surface area contributed by atoms with Crippen LogP contribution in [0.5, 0.6) is 0 Å². The minimum absolute atomic E-state index is 0.297. The summed E-state index contributed by atoms with van der Waals surface area (Å²) in [5.74, 6) is 0. The molecule has 0 amide bonds. The van der Waals surface area contributed by atoms with Crippen molar-refractivity contribution in [1.29, 1.82) is 5.26 Å². The van der Waals surface area contributed by atoms with Gasteiger partial charge in [0, 0.05) is 27.3 Å². The van der Waals surface area contributed by atoms with Crippen LogP contribution < -0.4 is 5.32 Å². The maximum Gasteiger partial charge on any atom is 0.100 e. The van der Waals surface area contributed by atoms with Crippen LogP contribution in [0.1, 0.15) is 29.0 Å². The van der Waals surface area contributed by atoms with Crippen LogP contribution in [-0.4, -0.2) is 0 Å². The molecule has 0 fully saturated rings. The molecule has 2 rings (SSSR count). The number of thiophene rings is 1. The van der Waals surface area contributed by atoms with E-state index in [0.29, 0.717) is 6.04 Å². The highest BCUT2D eigenvalue weighted by Crippen LogP contribution is 2.18. The van der Waals surface area contributed by atoms with Crippen molar-refractivity contribution >= 4 is 27.3 Å². The van der Waals surface area contributed by atoms with Crippen LogP contribution in [0.25, 0.3) is 0 Å². The fourth-order valence-electron chi connectivity index (χ4n) is 1.65. The second-order valence-corrected chi connectivity index (χ2v) is 5.98. The number of nitrogens with zero attached hydrogens (tertiary/aromatic N) is 1. The molecule has 0 aliphatic heterocycles. The van der Waals surface area contributed by atoms with Crippen LogP contribution in [-0.2, 0) is 6.54 Å². The average Bonchev–Trinajstić information content (AvgIpc) is 2.85. The van der Waals surface area contributed by atoms with Crippen LogP contribution >= 0.6 is 27.3 Å². The molecule has 18 heavy (non-hydrogen) atoms.